The van der Waals surface area contributed by atoms with Gasteiger partial charge in [0.05, 0.1) is 0 Å². The first-order valence-electron chi connectivity index (χ1n) is 5.27. The number of carbonyl (C=O) groups is 1. The number of hydrogen-bond acceptors (Lipinski definition) is 6. The van der Waals surface area contributed by atoms with Crippen molar-refractivity contribution in [3.05, 3.63) is 42.0 Å². The first-order valence-corrected chi connectivity index (χ1v) is 5.27. The Bertz CT molecular complexity index is 572. The van der Waals surface area contributed by atoms with Gasteiger partial charge in [0.2, 0.25) is 0 Å². The molecule has 0 aromatic heterocycles. The largest absolute Gasteiger partial charge is 0.508 e. The highest BCUT2D eigenvalue weighted by molar-refractivity contribution is 5.91. The summed E-state index contributed by atoms with van der Waals surface area (Å²) in [7, 11) is 0. The summed E-state index contributed by atoms with van der Waals surface area (Å²) in [5.74, 6) is -2.73. The van der Waals surface area contributed by atoms with Crippen molar-refractivity contribution in [1.82, 2.24) is 0 Å². The first kappa shape index (κ1) is 15.0. The molecular formula is C13H12O7. The number of rotatable bonds is 1. The molecule has 0 aliphatic heterocycles. The van der Waals surface area contributed by atoms with E-state index in [1.165, 1.54) is 18.2 Å². The van der Waals surface area contributed by atoms with Gasteiger partial charge in [-0.15, -0.1) is 0 Å². The number of phenolic OH excluding ortho intramolecular Hbond substituents is 4. The van der Waals surface area contributed by atoms with Gasteiger partial charge in [-0.2, -0.15) is 0 Å². The fourth-order valence-electron chi connectivity index (χ4n) is 1.28. The van der Waals surface area contributed by atoms with E-state index in [4.69, 9.17) is 30.6 Å². The zero-order valence-electron chi connectivity index (χ0n) is 10.1. The molecule has 0 heterocycles. The molecule has 0 unspecified atom stereocenters. The third kappa shape index (κ3) is 3.98. The van der Waals surface area contributed by atoms with Crippen LogP contribution in [-0.4, -0.2) is 36.6 Å². The van der Waals surface area contributed by atoms with Crippen molar-refractivity contribution < 1.29 is 35.4 Å². The molecule has 0 atom stereocenters. The van der Waals surface area contributed by atoms with Gasteiger partial charge in [-0.1, -0.05) is 6.07 Å². The second-order valence-electron chi connectivity index (χ2n) is 3.69. The Morgan fingerprint density at radius 1 is 0.800 bits per heavy atom. The lowest BCUT2D eigenvalue weighted by Crippen LogP contribution is -1.95. The molecule has 2 aromatic rings. The van der Waals surface area contributed by atoms with Crippen molar-refractivity contribution in [2.75, 3.05) is 0 Å². The van der Waals surface area contributed by atoms with Crippen molar-refractivity contribution in [3.63, 3.8) is 0 Å². The SMILES string of the molecule is O=C(O)c1cccc(O)c1O.Oc1cc(O)cc(O)c1. The minimum Gasteiger partial charge on any atom is -0.508 e. The van der Waals surface area contributed by atoms with E-state index >= 15 is 0 Å². The summed E-state index contributed by atoms with van der Waals surface area (Å²) in [6.45, 7) is 0. The summed E-state index contributed by atoms with van der Waals surface area (Å²) >= 11 is 0. The van der Waals surface area contributed by atoms with E-state index in [1.807, 2.05) is 0 Å². The van der Waals surface area contributed by atoms with Crippen molar-refractivity contribution >= 4 is 5.97 Å². The Balaban J connectivity index is 0.000000204. The van der Waals surface area contributed by atoms with Crippen molar-refractivity contribution in [2.24, 2.45) is 0 Å². The lowest BCUT2D eigenvalue weighted by Gasteiger charge is -1.99. The van der Waals surface area contributed by atoms with E-state index in [2.05, 4.69) is 0 Å². The quantitative estimate of drug-likeness (QED) is 0.436. The van der Waals surface area contributed by atoms with Gasteiger partial charge >= 0.3 is 5.97 Å². The van der Waals surface area contributed by atoms with E-state index in [1.54, 1.807) is 0 Å². The van der Waals surface area contributed by atoms with E-state index in [9.17, 15) is 4.79 Å². The number of phenols is 5. The molecule has 0 aliphatic carbocycles. The second-order valence-corrected chi connectivity index (χ2v) is 3.69. The van der Waals surface area contributed by atoms with E-state index in [0.29, 0.717) is 0 Å². The van der Waals surface area contributed by atoms with Crippen LogP contribution in [0.4, 0.5) is 0 Å². The highest BCUT2D eigenvalue weighted by Gasteiger charge is 2.11. The average molecular weight is 280 g/mol. The number of hydrogen-bond donors (Lipinski definition) is 6. The minimum absolute atomic E-state index is 0.146. The molecule has 6 N–H and O–H groups in total. The number of carboxylic acid groups (broad SMARTS) is 1. The molecule has 0 saturated heterocycles. The fraction of sp³-hybridized carbons (Fsp3) is 0. The molecule has 2 aromatic carbocycles. The second kappa shape index (κ2) is 6.19. The Morgan fingerprint density at radius 2 is 1.25 bits per heavy atom. The lowest BCUT2D eigenvalue weighted by atomic mass is 10.2. The third-order valence-corrected chi connectivity index (χ3v) is 2.13. The third-order valence-electron chi connectivity index (χ3n) is 2.13. The van der Waals surface area contributed by atoms with Gasteiger partial charge < -0.3 is 30.6 Å². The molecule has 0 saturated carbocycles. The van der Waals surface area contributed by atoms with Crippen LogP contribution >= 0.6 is 0 Å². The molecule has 106 valence electrons. The molecular weight excluding hydrogens is 268 g/mol. The van der Waals surface area contributed by atoms with Crippen LogP contribution in [0.15, 0.2) is 36.4 Å². The maximum absolute atomic E-state index is 10.3. The molecule has 0 radical (unpaired) electrons. The Hall–Kier alpha value is -3.09. The number of carboxylic acids is 1. The first-order chi connectivity index (χ1) is 9.31. The summed E-state index contributed by atoms with van der Waals surface area (Å²) in [6.07, 6.45) is 0. The highest BCUT2D eigenvalue weighted by Crippen LogP contribution is 2.27. The van der Waals surface area contributed by atoms with Crippen molar-refractivity contribution in [2.45, 2.75) is 0 Å². The van der Waals surface area contributed by atoms with Gasteiger partial charge in [-0.25, -0.2) is 4.79 Å². The van der Waals surface area contributed by atoms with E-state index in [0.717, 1.165) is 18.2 Å². The zero-order chi connectivity index (χ0) is 15.3. The van der Waals surface area contributed by atoms with Gasteiger partial charge in [0, 0.05) is 18.2 Å². The highest BCUT2D eigenvalue weighted by atomic mass is 16.4. The van der Waals surface area contributed by atoms with Crippen LogP contribution in [0.2, 0.25) is 0 Å². The monoisotopic (exact) mass is 280 g/mol. The van der Waals surface area contributed by atoms with Crippen LogP contribution in [0, 0.1) is 0 Å². The molecule has 7 heteroatoms. The number of aromatic hydroxyl groups is 5. The molecule has 0 fully saturated rings. The van der Waals surface area contributed by atoms with Crippen LogP contribution in [0.3, 0.4) is 0 Å². The van der Waals surface area contributed by atoms with Crippen LogP contribution in [0.5, 0.6) is 28.7 Å². The Labute approximate surface area is 113 Å². The summed E-state index contributed by atoms with van der Waals surface area (Å²) in [6, 6.07) is 7.18. The molecule has 0 aliphatic rings. The number of para-hydroxylation sites is 1. The van der Waals surface area contributed by atoms with Crippen LogP contribution < -0.4 is 0 Å². The Morgan fingerprint density at radius 3 is 1.60 bits per heavy atom. The smallest absolute Gasteiger partial charge is 0.339 e. The number of aromatic carboxylic acids is 1. The Kier molecular flexibility index (Phi) is 4.63. The van der Waals surface area contributed by atoms with Gasteiger partial charge in [0.25, 0.3) is 0 Å². The maximum Gasteiger partial charge on any atom is 0.339 e. The zero-order valence-corrected chi connectivity index (χ0v) is 10.1. The average Bonchev–Trinajstić information content (AvgIpc) is 2.31. The summed E-state index contributed by atoms with van der Waals surface area (Å²) in [5.41, 5.74) is -0.301. The topological polar surface area (TPSA) is 138 Å². The predicted octanol–water partition coefficient (Wildman–Crippen LogP) is 1.60. The summed E-state index contributed by atoms with van der Waals surface area (Å²) in [4.78, 5) is 10.3. The minimum atomic E-state index is -1.27. The van der Waals surface area contributed by atoms with Crippen LogP contribution in [0.25, 0.3) is 0 Å². The molecule has 0 spiro atoms. The summed E-state index contributed by atoms with van der Waals surface area (Å²) in [5, 5.41) is 52.2. The van der Waals surface area contributed by atoms with Crippen molar-refractivity contribution in [3.8, 4) is 28.7 Å². The van der Waals surface area contributed by atoms with Crippen LogP contribution in [0.1, 0.15) is 10.4 Å². The summed E-state index contributed by atoms with van der Waals surface area (Å²) < 4.78 is 0. The number of benzene rings is 2. The molecule has 20 heavy (non-hydrogen) atoms. The van der Waals surface area contributed by atoms with Gasteiger partial charge in [-0.3, -0.25) is 0 Å². The fourth-order valence-corrected chi connectivity index (χ4v) is 1.28. The van der Waals surface area contributed by atoms with Gasteiger partial charge in [0.15, 0.2) is 11.5 Å². The molecule has 2 rings (SSSR count). The van der Waals surface area contributed by atoms with Crippen molar-refractivity contribution in [1.29, 1.82) is 0 Å². The molecule has 0 amide bonds. The van der Waals surface area contributed by atoms with Gasteiger partial charge in [-0.05, 0) is 12.1 Å². The van der Waals surface area contributed by atoms with Gasteiger partial charge in [0.1, 0.15) is 22.8 Å². The lowest BCUT2D eigenvalue weighted by molar-refractivity contribution is 0.0693. The molecule has 7 nitrogen and oxygen atoms in total. The van der Waals surface area contributed by atoms with E-state index < -0.39 is 17.5 Å². The van der Waals surface area contributed by atoms with Crippen LogP contribution in [-0.2, 0) is 0 Å². The van der Waals surface area contributed by atoms with E-state index in [-0.39, 0.29) is 22.8 Å². The standard InChI is InChI=1S/C7H6O4.C6H6O3/c8-5-3-1-2-4(6(5)9)7(10)11;7-4-1-5(8)3-6(9)2-4/h1-3,8-9H,(H,10,11);1-3,7-9H. The maximum atomic E-state index is 10.3. The predicted molar refractivity (Wildman–Crippen MR) is 68.2 cm³/mol. The normalized spacial score (nSPS) is 9.40. The molecule has 0 bridgehead atoms.